The minimum Gasteiger partial charge on any atom is -0.484 e. The molecule has 0 bridgehead atoms. The first kappa shape index (κ1) is 14.1. The van der Waals surface area contributed by atoms with Crippen LogP contribution in [0.25, 0.3) is 0 Å². The van der Waals surface area contributed by atoms with E-state index in [1.165, 1.54) is 0 Å². The van der Waals surface area contributed by atoms with Crippen LogP contribution in [-0.4, -0.2) is 28.2 Å². The molecular weight excluding hydrogens is 284 g/mol. The van der Waals surface area contributed by atoms with Crippen LogP contribution < -0.4 is 15.8 Å². The Kier molecular flexibility index (Phi) is 3.54. The summed E-state index contributed by atoms with van der Waals surface area (Å²) in [6.45, 7) is -0.174. The molecule has 2 aromatic rings. The van der Waals surface area contributed by atoms with Gasteiger partial charge in [-0.25, -0.2) is 0 Å². The van der Waals surface area contributed by atoms with Gasteiger partial charge < -0.3 is 15.8 Å². The fraction of sp³-hybridized carbons (Fsp3) is 0.267. The molecule has 7 heteroatoms. The molecule has 0 fully saturated rings. The van der Waals surface area contributed by atoms with Crippen LogP contribution in [-0.2, 0) is 16.6 Å². The predicted molar refractivity (Wildman–Crippen MR) is 79.4 cm³/mol. The molecule has 3 N–H and O–H groups in total. The quantitative estimate of drug-likeness (QED) is 0.870. The highest BCUT2D eigenvalue weighted by molar-refractivity contribution is 5.94. The number of nitrogens with zero attached hydrogens (tertiary/aromatic N) is 2. The highest BCUT2D eigenvalue weighted by Crippen LogP contribution is 2.37. The van der Waals surface area contributed by atoms with Gasteiger partial charge in [0.2, 0.25) is 5.91 Å². The van der Waals surface area contributed by atoms with E-state index in [1.807, 2.05) is 18.2 Å². The zero-order valence-corrected chi connectivity index (χ0v) is 12.1. The maximum absolute atomic E-state index is 11.9. The van der Waals surface area contributed by atoms with Crippen LogP contribution in [0.4, 0.5) is 5.82 Å². The summed E-state index contributed by atoms with van der Waals surface area (Å²) in [5.41, 5.74) is 6.98. The van der Waals surface area contributed by atoms with Crippen LogP contribution in [0.2, 0.25) is 0 Å². The number of benzene rings is 1. The lowest BCUT2D eigenvalue weighted by molar-refractivity contribution is -0.120. The summed E-state index contributed by atoms with van der Waals surface area (Å²) in [6, 6.07) is 7.33. The Hall–Kier alpha value is -2.83. The molecule has 7 nitrogen and oxygen atoms in total. The third-order valence-electron chi connectivity index (χ3n) is 3.63. The Morgan fingerprint density at radius 3 is 3.14 bits per heavy atom. The van der Waals surface area contributed by atoms with E-state index in [-0.39, 0.29) is 18.4 Å². The zero-order valence-electron chi connectivity index (χ0n) is 12.1. The molecule has 114 valence electrons. The Bertz CT molecular complexity index is 738. The largest absolute Gasteiger partial charge is 0.484 e. The number of hydrogen-bond donors (Lipinski definition) is 2. The third-order valence-corrected chi connectivity index (χ3v) is 3.63. The number of ether oxygens (including phenoxy) is 1. The van der Waals surface area contributed by atoms with E-state index < -0.39 is 5.91 Å². The van der Waals surface area contributed by atoms with Gasteiger partial charge in [-0.1, -0.05) is 12.1 Å². The molecule has 0 saturated carbocycles. The number of nitrogens with one attached hydrogen (secondary N) is 1. The Morgan fingerprint density at radius 1 is 1.55 bits per heavy atom. The summed E-state index contributed by atoms with van der Waals surface area (Å²) in [5.74, 6) is 0.591. The van der Waals surface area contributed by atoms with Crippen LogP contribution >= 0.6 is 0 Å². The van der Waals surface area contributed by atoms with E-state index in [1.54, 1.807) is 24.0 Å². The summed E-state index contributed by atoms with van der Waals surface area (Å²) in [6.07, 6.45) is 2.11. The normalized spacial score (nSPS) is 16.8. The fourth-order valence-electron chi connectivity index (χ4n) is 2.61. The molecule has 0 spiro atoms. The highest BCUT2D eigenvalue weighted by Gasteiger charge is 2.29. The molecule has 0 aliphatic carbocycles. The summed E-state index contributed by atoms with van der Waals surface area (Å²) < 4.78 is 6.97. The topological polar surface area (TPSA) is 99.2 Å². The van der Waals surface area contributed by atoms with Gasteiger partial charge in [-0.05, 0) is 17.7 Å². The number of fused-ring (bicyclic) bond motifs is 1. The number of carbonyl (C=O) groups excluding carboxylic acids is 2. The lowest BCUT2D eigenvalue weighted by Crippen LogP contribution is -2.24. The average molecular weight is 300 g/mol. The van der Waals surface area contributed by atoms with E-state index in [4.69, 9.17) is 10.5 Å². The number of aromatic nitrogens is 2. The van der Waals surface area contributed by atoms with Crippen molar-refractivity contribution in [1.82, 2.24) is 9.78 Å². The average Bonchev–Trinajstić information content (AvgIpc) is 2.86. The molecule has 0 radical (unpaired) electrons. The smallest absolute Gasteiger partial charge is 0.255 e. The number of carbonyl (C=O) groups is 2. The van der Waals surface area contributed by atoms with E-state index in [2.05, 4.69) is 10.4 Å². The number of aryl methyl sites for hydroxylation is 1. The molecule has 1 aliphatic heterocycles. The van der Waals surface area contributed by atoms with Crippen molar-refractivity contribution < 1.29 is 14.3 Å². The van der Waals surface area contributed by atoms with Crippen LogP contribution in [0.3, 0.4) is 0 Å². The molecule has 2 amide bonds. The van der Waals surface area contributed by atoms with Crippen molar-refractivity contribution >= 4 is 17.6 Å². The van der Waals surface area contributed by atoms with Crippen molar-refractivity contribution in [3.8, 4) is 5.75 Å². The summed E-state index contributed by atoms with van der Waals surface area (Å²) in [4.78, 5) is 22.7. The Labute approximate surface area is 127 Å². The molecule has 1 aromatic heterocycles. The molecule has 0 saturated heterocycles. The maximum atomic E-state index is 11.9. The molecule has 1 aliphatic rings. The number of hydrogen-bond acceptors (Lipinski definition) is 4. The van der Waals surface area contributed by atoms with Gasteiger partial charge in [0.05, 0.1) is 6.20 Å². The summed E-state index contributed by atoms with van der Waals surface area (Å²) in [5, 5.41) is 7.03. The first-order chi connectivity index (χ1) is 10.5. The molecule has 22 heavy (non-hydrogen) atoms. The minimum atomic E-state index is -0.531. The lowest BCUT2D eigenvalue weighted by Gasteiger charge is -2.23. The molecule has 2 heterocycles. The van der Waals surface area contributed by atoms with Crippen LogP contribution in [0.1, 0.15) is 23.5 Å². The van der Waals surface area contributed by atoms with E-state index in [9.17, 15) is 9.59 Å². The van der Waals surface area contributed by atoms with Crippen molar-refractivity contribution in [2.24, 2.45) is 12.8 Å². The first-order valence-corrected chi connectivity index (χ1v) is 6.87. The Balaban J connectivity index is 1.92. The van der Waals surface area contributed by atoms with Crippen molar-refractivity contribution in [3.05, 3.63) is 41.6 Å². The van der Waals surface area contributed by atoms with Crippen molar-refractivity contribution in [2.75, 3.05) is 11.9 Å². The van der Waals surface area contributed by atoms with Crippen LogP contribution in [0.15, 0.2) is 30.5 Å². The molecule has 1 aromatic carbocycles. The number of primary amides is 1. The van der Waals surface area contributed by atoms with Gasteiger partial charge in [-0.15, -0.1) is 0 Å². The van der Waals surface area contributed by atoms with Gasteiger partial charge in [-0.3, -0.25) is 14.3 Å². The minimum absolute atomic E-state index is 0.0513. The second-order valence-electron chi connectivity index (χ2n) is 5.20. The fourth-order valence-corrected chi connectivity index (χ4v) is 2.61. The van der Waals surface area contributed by atoms with Gasteiger partial charge in [0.25, 0.3) is 5.91 Å². The first-order valence-electron chi connectivity index (χ1n) is 6.87. The summed E-state index contributed by atoms with van der Waals surface area (Å²) in [7, 11) is 1.79. The highest BCUT2D eigenvalue weighted by atomic mass is 16.5. The molecule has 3 rings (SSSR count). The predicted octanol–water partition coefficient (Wildman–Crippen LogP) is 0.758. The number of anilines is 1. The Morgan fingerprint density at radius 2 is 2.36 bits per heavy atom. The molecule has 0 unspecified atom stereocenters. The van der Waals surface area contributed by atoms with Crippen molar-refractivity contribution in [2.45, 2.75) is 12.3 Å². The second-order valence-corrected chi connectivity index (χ2v) is 5.20. The van der Waals surface area contributed by atoms with Gasteiger partial charge in [0.1, 0.15) is 11.6 Å². The standard InChI is InChI=1S/C15H16N4O3/c1-19-15-12(7-17-19)11(6-14(21)18-15)9-3-2-4-10(5-9)22-8-13(16)20/h2-5,7,11H,6,8H2,1H3,(H2,16,20)(H,18,21)/t11-/m1/s1. The molecule has 1 atom stereocenters. The molecular formula is C15H16N4O3. The lowest BCUT2D eigenvalue weighted by atomic mass is 9.87. The number of rotatable bonds is 4. The monoisotopic (exact) mass is 300 g/mol. The van der Waals surface area contributed by atoms with Gasteiger partial charge >= 0.3 is 0 Å². The van der Waals surface area contributed by atoms with Crippen LogP contribution in [0.5, 0.6) is 5.75 Å². The third kappa shape index (κ3) is 2.65. The van der Waals surface area contributed by atoms with E-state index in [0.29, 0.717) is 18.0 Å². The van der Waals surface area contributed by atoms with Crippen molar-refractivity contribution in [3.63, 3.8) is 0 Å². The zero-order chi connectivity index (χ0) is 15.7. The maximum Gasteiger partial charge on any atom is 0.255 e. The number of nitrogens with two attached hydrogens (primary N) is 1. The van der Waals surface area contributed by atoms with Gasteiger partial charge in [-0.2, -0.15) is 5.10 Å². The van der Waals surface area contributed by atoms with E-state index in [0.717, 1.165) is 11.1 Å². The SMILES string of the molecule is Cn1ncc2c1NC(=O)C[C@@H]2c1cccc(OCC(N)=O)c1. The number of amides is 2. The van der Waals surface area contributed by atoms with Gasteiger partial charge in [0, 0.05) is 24.9 Å². The van der Waals surface area contributed by atoms with Crippen molar-refractivity contribution in [1.29, 1.82) is 0 Å². The van der Waals surface area contributed by atoms with Gasteiger partial charge in [0.15, 0.2) is 6.61 Å². The van der Waals surface area contributed by atoms with Crippen LogP contribution in [0, 0.1) is 0 Å². The summed E-state index contributed by atoms with van der Waals surface area (Å²) >= 11 is 0. The van der Waals surface area contributed by atoms with E-state index >= 15 is 0 Å². The second kappa shape index (κ2) is 5.51.